The third kappa shape index (κ3) is 2.71. The lowest BCUT2D eigenvalue weighted by Gasteiger charge is -2.33. The van der Waals surface area contributed by atoms with Gasteiger partial charge in [0.25, 0.3) is 0 Å². The largest absolute Gasteiger partial charge is 0.129 e. The van der Waals surface area contributed by atoms with Crippen LogP contribution in [0.4, 0.5) is 0 Å². The summed E-state index contributed by atoms with van der Waals surface area (Å²) in [5.74, 6) is 2.32. The van der Waals surface area contributed by atoms with E-state index in [0.29, 0.717) is 16.7 Å². The molecule has 0 nitrogen and oxygen atoms in total. The van der Waals surface area contributed by atoms with Crippen molar-refractivity contribution in [2.45, 2.75) is 64.2 Å². The predicted molar refractivity (Wildman–Crippen MR) is 96.5 cm³/mol. The molecule has 0 aliphatic heterocycles. The Labute approximate surface area is 137 Å². The highest BCUT2D eigenvalue weighted by Crippen LogP contribution is 2.55. The van der Waals surface area contributed by atoms with Gasteiger partial charge in [-0.15, -0.1) is 5.98 Å². The summed E-state index contributed by atoms with van der Waals surface area (Å²) in [5, 5.41) is 0. The summed E-state index contributed by atoms with van der Waals surface area (Å²) in [6.45, 7) is 9.26. The highest BCUT2D eigenvalue weighted by molar-refractivity contribution is 6.17. The van der Waals surface area contributed by atoms with Crippen molar-refractivity contribution in [1.29, 1.82) is 0 Å². The Kier molecular flexibility index (Phi) is 3.87. The van der Waals surface area contributed by atoms with Gasteiger partial charge in [-0.3, -0.25) is 0 Å². The molecule has 2 aliphatic rings. The second-order valence-corrected chi connectivity index (χ2v) is 8.11. The van der Waals surface area contributed by atoms with E-state index in [2.05, 4.69) is 58.0 Å². The third-order valence-electron chi connectivity index (χ3n) is 5.90. The van der Waals surface area contributed by atoms with Crippen LogP contribution in [0.15, 0.2) is 41.9 Å². The Bertz CT molecular complexity index is 635. The van der Waals surface area contributed by atoms with Crippen molar-refractivity contribution < 1.29 is 0 Å². The van der Waals surface area contributed by atoms with Crippen molar-refractivity contribution in [2.24, 2.45) is 5.92 Å². The van der Waals surface area contributed by atoms with Gasteiger partial charge in [-0.25, -0.2) is 0 Å². The molecule has 114 valence electrons. The molecule has 0 bridgehead atoms. The Morgan fingerprint density at radius 3 is 2.77 bits per heavy atom. The fraction of sp³-hybridized carbons (Fsp3) is 0.524. The second-order valence-electron chi connectivity index (χ2n) is 8.11. The Hall–Kier alpha value is -1.24. The zero-order valence-corrected chi connectivity index (χ0v) is 14.4. The molecule has 0 heterocycles. The van der Waals surface area contributed by atoms with Gasteiger partial charge >= 0.3 is 0 Å². The molecule has 1 fully saturated rings. The first-order valence-electron chi connectivity index (χ1n) is 8.57. The molecule has 2 aliphatic carbocycles. The summed E-state index contributed by atoms with van der Waals surface area (Å²) < 4.78 is 0. The van der Waals surface area contributed by atoms with Crippen molar-refractivity contribution in [3.8, 4) is 0 Å². The number of hydrogen-bond acceptors (Lipinski definition) is 0. The third-order valence-corrected chi connectivity index (χ3v) is 5.90. The quantitative estimate of drug-likeness (QED) is 0.529. The lowest BCUT2D eigenvalue weighted by Crippen LogP contribution is -2.24. The van der Waals surface area contributed by atoms with Gasteiger partial charge < -0.3 is 0 Å². The highest BCUT2D eigenvalue weighted by atomic mass is 14.5. The van der Waals surface area contributed by atoms with Crippen LogP contribution in [0.25, 0.3) is 0 Å². The summed E-state index contributed by atoms with van der Waals surface area (Å²) in [4.78, 5) is 0. The van der Waals surface area contributed by atoms with Crippen LogP contribution in [0.2, 0.25) is 0 Å². The first kappa shape index (κ1) is 15.7. The van der Waals surface area contributed by atoms with Crippen LogP contribution in [0.5, 0.6) is 0 Å². The molecule has 1 aromatic rings. The molecule has 1 aromatic carbocycles. The molecular weight excluding hydrogens is 263 g/mol. The molecule has 2 atom stereocenters. The van der Waals surface area contributed by atoms with E-state index in [0.717, 1.165) is 5.57 Å². The van der Waals surface area contributed by atoms with Gasteiger partial charge in [-0.2, -0.15) is 0 Å². The van der Waals surface area contributed by atoms with E-state index in [1.165, 1.54) is 31.2 Å². The molecule has 0 N–H and O–H groups in total. The van der Waals surface area contributed by atoms with E-state index < -0.39 is 0 Å². The molecule has 0 aromatic heterocycles. The number of fused-ring (bicyclic) bond motifs is 1. The smallest absolute Gasteiger partial charge is 0.103 e. The molecule has 22 heavy (non-hydrogen) atoms. The molecule has 2 unspecified atom stereocenters. The fourth-order valence-corrected chi connectivity index (χ4v) is 3.97. The first-order valence-corrected chi connectivity index (χ1v) is 8.57. The predicted octanol–water partition coefficient (Wildman–Crippen LogP) is 5.21. The van der Waals surface area contributed by atoms with Crippen molar-refractivity contribution in [3.05, 3.63) is 58.6 Å². The van der Waals surface area contributed by atoms with E-state index in [1.807, 2.05) is 0 Å². The zero-order chi connectivity index (χ0) is 16.0. The number of benzene rings is 1. The van der Waals surface area contributed by atoms with E-state index in [1.54, 1.807) is 17.1 Å². The maximum atomic E-state index is 5.55. The van der Waals surface area contributed by atoms with Crippen molar-refractivity contribution in [2.75, 3.05) is 0 Å². The van der Waals surface area contributed by atoms with Crippen LogP contribution in [-0.4, -0.2) is 7.85 Å². The summed E-state index contributed by atoms with van der Waals surface area (Å²) in [5.41, 5.74) is 6.46. The summed E-state index contributed by atoms with van der Waals surface area (Å²) in [7, 11) is 5.55. The van der Waals surface area contributed by atoms with Gasteiger partial charge in [0.1, 0.15) is 7.85 Å². The molecule has 3 rings (SSSR count). The van der Waals surface area contributed by atoms with Gasteiger partial charge in [0, 0.05) is 0 Å². The molecule has 2 radical (unpaired) electrons. The number of hydrogen-bond donors (Lipinski definition) is 0. The van der Waals surface area contributed by atoms with Gasteiger partial charge in [0.2, 0.25) is 0 Å². The lowest BCUT2D eigenvalue weighted by atomic mass is 9.71. The number of rotatable bonds is 3. The summed E-state index contributed by atoms with van der Waals surface area (Å²) in [6.07, 6.45) is 9.64. The number of aryl methyl sites for hydroxylation is 1. The maximum absolute atomic E-state index is 5.55. The van der Waals surface area contributed by atoms with Crippen LogP contribution in [0.3, 0.4) is 0 Å². The summed E-state index contributed by atoms with van der Waals surface area (Å²) in [6, 6.07) is 7.27. The molecule has 1 saturated carbocycles. The molecule has 0 spiro atoms. The average Bonchev–Trinajstić information content (AvgIpc) is 3.16. The Morgan fingerprint density at radius 2 is 2.05 bits per heavy atom. The van der Waals surface area contributed by atoms with E-state index >= 15 is 0 Å². The first-order chi connectivity index (χ1) is 10.4. The van der Waals surface area contributed by atoms with E-state index in [4.69, 9.17) is 7.85 Å². The van der Waals surface area contributed by atoms with Crippen LogP contribution < -0.4 is 0 Å². The van der Waals surface area contributed by atoms with Gasteiger partial charge in [0.05, 0.1) is 0 Å². The normalized spacial score (nSPS) is 30.4. The van der Waals surface area contributed by atoms with E-state index in [-0.39, 0.29) is 0 Å². The standard InChI is InChI=1S/C21H27B/c1-15(14-22)7-9-18-13-21(18,4)17-10-8-16-6-5-11-20(2,3)19(16)12-17/h7-10,12,14,18H,5-6,11,13H2,1-4H3/b9-7?,15-14+. The fourth-order valence-electron chi connectivity index (χ4n) is 3.97. The van der Waals surface area contributed by atoms with Crippen LogP contribution in [0.1, 0.15) is 63.6 Å². The van der Waals surface area contributed by atoms with Crippen LogP contribution in [-0.2, 0) is 17.3 Å². The van der Waals surface area contributed by atoms with Gasteiger partial charge in [-0.1, -0.05) is 56.7 Å². The van der Waals surface area contributed by atoms with Gasteiger partial charge in [0.15, 0.2) is 0 Å². The monoisotopic (exact) mass is 290 g/mol. The second kappa shape index (κ2) is 5.44. The summed E-state index contributed by atoms with van der Waals surface area (Å²) >= 11 is 0. The highest BCUT2D eigenvalue weighted by Gasteiger charge is 2.49. The number of allylic oxidation sites excluding steroid dienone is 3. The molecular formula is C21H27B. The van der Waals surface area contributed by atoms with Gasteiger partial charge in [-0.05, 0) is 66.0 Å². The van der Waals surface area contributed by atoms with Crippen LogP contribution >= 0.6 is 0 Å². The Morgan fingerprint density at radius 1 is 1.27 bits per heavy atom. The maximum Gasteiger partial charge on any atom is 0.103 e. The minimum atomic E-state index is 0.313. The average molecular weight is 290 g/mol. The van der Waals surface area contributed by atoms with Crippen molar-refractivity contribution in [1.82, 2.24) is 0 Å². The topological polar surface area (TPSA) is 0 Å². The minimum Gasteiger partial charge on any atom is -0.129 e. The van der Waals surface area contributed by atoms with Crippen LogP contribution in [0, 0.1) is 5.92 Å². The SMILES string of the molecule is [B]/C=C(\C)C=CC1CC1(C)c1ccc2c(c1)C(C)(C)CCC2. The molecule has 0 amide bonds. The molecule has 1 heteroatoms. The zero-order valence-electron chi connectivity index (χ0n) is 14.4. The van der Waals surface area contributed by atoms with Crippen molar-refractivity contribution >= 4 is 7.85 Å². The lowest BCUT2D eigenvalue weighted by molar-refractivity contribution is 0.431. The Balaban J connectivity index is 1.87. The van der Waals surface area contributed by atoms with Crippen molar-refractivity contribution in [3.63, 3.8) is 0 Å². The molecule has 0 saturated heterocycles. The van der Waals surface area contributed by atoms with E-state index in [9.17, 15) is 0 Å². The minimum absolute atomic E-state index is 0.313.